The van der Waals surface area contributed by atoms with Crippen LogP contribution >= 0.6 is 11.6 Å². The van der Waals surface area contributed by atoms with Crippen LogP contribution in [0.3, 0.4) is 0 Å². The molecule has 0 atom stereocenters. The molecule has 1 amide bonds. The van der Waals surface area contributed by atoms with Crippen LogP contribution in [-0.4, -0.2) is 26.2 Å². The third-order valence-corrected chi connectivity index (χ3v) is 3.77. The Hall–Kier alpha value is -2.38. The number of primary amides is 1. The number of halogens is 3. The van der Waals surface area contributed by atoms with E-state index < -0.39 is 17.5 Å². The zero-order valence-corrected chi connectivity index (χ0v) is 14.9. The largest absolute Gasteiger partial charge is 0.493 e. The zero-order chi connectivity index (χ0) is 19.1. The van der Waals surface area contributed by atoms with Crippen LogP contribution < -0.4 is 20.5 Å². The number of hydrogen-bond acceptors (Lipinski definition) is 4. The highest BCUT2D eigenvalue weighted by molar-refractivity contribution is 6.32. The molecule has 3 N–H and O–H groups in total. The van der Waals surface area contributed by atoms with Crippen molar-refractivity contribution in [2.24, 2.45) is 5.73 Å². The molecule has 2 aromatic rings. The number of carbonyl (C=O) groups is 1. The van der Waals surface area contributed by atoms with Gasteiger partial charge in [-0.3, -0.25) is 4.79 Å². The van der Waals surface area contributed by atoms with Gasteiger partial charge in [0.2, 0.25) is 0 Å². The number of amides is 1. The molecule has 0 saturated heterocycles. The molecule has 26 heavy (non-hydrogen) atoms. The Morgan fingerprint density at radius 3 is 2.46 bits per heavy atom. The van der Waals surface area contributed by atoms with Crippen molar-refractivity contribution >= 4 is 17.5 Å². The number of hydrogen-bond donors (Lipinski definition) is 2. The molecule has 5 nitrogen and oxygen atoms in total. The Morgan fingerprint density at radius 2 is 1.85 bits per heavy atom. The summed E-state index contributed by atoms with van der Waals surface area (Å²) < 4.78 is 36.8. The normalized spacial score (nSPS) is 10.6. The van der Waals surface area contributed by atoms with Crippen LogP contribution in [0.5, 0.6) is 11.5 Å². The van der Waals surface area contributed by atoms with Crippen molar-refractivity contribution < 1.29 is 23.0 Å². The van der Waals surface area contributed by atoms with Crippen molar-refractivity contribution in [2.75, 3.05) is 20.3 Å². The molecule has 0 aliphatic carbocycles. The van der Waals surface area contributed by atoms with Crippen molar-refractivity contribution in [3.8, 4) is 11.5 Å². The van der Waals surface area contributed by atoms with Gasteiger partial charge in [0, 0.05) is 12.6 Å². The third kappa shape index (κ3) is 5.86. The lowest BCUT2D eigenvalue weighted by Gasteiger charge is -2.14. The van der Waals surface area contributed by atoms with Crippen molar-refractivity contribution in [3.05, 3.63) is 58.1 Å². The summed E-state index contributed by atoms with van der Waals surface area (Å²) in [6, 6.07) is 6.84. The second-order valence-electron chi connectivity index (χ2n) is 5.57. The molecule has 0 spiro atoms. The van der Waals surface area contributed by atoms with E-state index in [0.717, 1.165) is 11.6 Å². The maximum Gasteiger partial charge on any atom is 0.255 e. The first-order chi connectivity index (χ1) is 12.4. The van der Waals surface area contributed by atoms with Gasteiger partial charge in [0.15, 0.2) is 18.1 Å². The van der Waals surface area contributed by atoms with Crippen LogP contribution in [0.1, 0.15) is 11.1 Å². The maximum absolute atomic E-state index is 13.2. The van der Waals surface area contributed by atoms with E-state index in [0.29, 0.717) is 30.8 Å². The van der Waals surface area contributed by atoms with Crippen molar-refractivity contribution in [3.63, 3.8) is 0 Å². The summed E-state index contributed by atoms with van der Waals surface area (Å²) in [5.74, 6) is -1.19. The summed E-state index contributed by atoms with van der Waals surface area (Å²) in [4.78, 5) is 10.8. The van der Waals surface area contributed by atoms with Crippen LogP contribution in [0.15, 0.2) is 30.3 Å². The lowest BCUT2D eigenvalue weighted by atomic mass is 10.1. The Morgan fingerprint density at radius 1 is 1.15 bits per heavy atom. The summed E-state index contributed by atoms with van der Waals surface area (Å²) in [6.07, 6.45) is 0.472. The monoisotopic (exact) mass is 384 g/mol. The summed E-state index contributed by atoms with van der Waals surface area (Å²) in [5, 5.41) is 3.45. The highest BCUT2D eigenvalue weighted by Crippen LogP contribution is 2.36. The number of nitrogens with two attached hydrogens (primary N) is 1. The lowest BCUT2D eigenvalue weighted by Crippen LogP contribution is -2.20. The summed E-state index contributed by atoms with van der Waals surface area (Å²) in [5.41, 5.74) is 6.45. The van der Waals surface area contributed by atoms with E-state index in [1.807, 2.05) is 0 Å². The Bertz CT molecular complexity index is 767. The van der Waals surface area contributed by atoms with E-state index in [-0.39, 0.29) is 17.4 Å². The second kappa shape index (κ2) is 9.35. The van der Waals surface area contributed by atoms with Crippen LogP contribution in [0.2, 0.25) is 5.02 Å². The minimum atomic E-state index is -0.623. The second-order valence-corrected chi connectivity index (χ2v) is 5.98. The van der Waals surface area contributed by atoms with Crippen molar-refractivity contribution in [1.82, 2.24) is 5.32 Å². The molecular formula is C18H19ClF2N2O3. The summed E-state index contributed by atoms with van der Waals surface area (Å²) in [6.45, 7) is 0.671. The fourth-order valence-electron chi connectivity index (χ4n) is 2.38. The number of nitrogens with one attached hydrogen (secondary N) is 1. The van der Waals surface area contributed by atoms with Gasteiger partial charge in [0.25, 0.3) is 5.91 Å². The van der Waals surface area contributed by atoms with Gasteiger partial charge < -0.3 is 20.5 Å². The van der Waals surface area contributed by atoms with E-state index in [2.05, 4.69) is 5.32 Å². The molecule has 0 unspecified atom stereocenters. The average Bonchev–Trinajstić information content (AvgIpc) is 2.56. The fraction of sp³-hybridized carbons (Fsp3) is 0.278. The molecule has 8 heteroatoms. The van der Waals surface area contributed by atoms with Crippen LogP contribution in [0.25, 0.3) is 0 Å². The Kier molecular flexibility index (Phi) is 7.17. The Labute approximate surface area is 155 Å². The minimum absolute atomic E-state index is 0.243. The number of carbonyl (C=O) groups excluding carboxylic acids is 1. The summed E-state index contributed by atoms with van der Waals surface area (Å²) in [7, 11) is 1.46. The molecule has 0 bridgehead atoms. The number of benzene rings is 2. The average molecular weight is 385 g/mol. The van der Waals surface area contributed by atoms with Gasteiger partial charge in [0.1, 0.15) is 11.6 Å². The number of methoxy groups -OCH3 is 1. The zero-order valence-electron chi connectivity index (χ0n) is 14.2. The van der Waals surface area contributed by atoms with Gasteiger partial charge in [-0.15, -0.1) is 0 Å². The van der Waals surface area contributed by atoms with Crippen LogP contribution in [0, 0.1) is 11.6 Å². The fourth-order valence-corrected chi connectivity index (χ4v) is 2.67. The first kappa shape index (κ1) is 19.9. The van der Waals surface area contributed by atoms with E-state index in [1.54, 1.807) is 12.1 Å². The van der Waals surface area contributed by atoms with E-state index in [4.69, 9.17) is 26.8 Å². The van der Waals surface area contributed by atoms with Crippen LogP contribution in [-0.2, 0) is 17.8 Å². The smallest absolute Gasteiger partial charge is 0.255 e. The quantitative estimate of drug-likeness (QED) is 0.652. The first-order valence-electron chi connectivity index (χ1n) is 7.82. The molecule has 2 aromatic carbocycles. The topological polar surface area (TPSA) is 73.6 Å². The minimum Gasteiger partial charge on any atom is -0.493 e. The molecule has 140 valence electrons. The molecular weight excluding hydrogens is 366 g/mol. The molecule has 0 fully saturated rings. The van der Waals surface area contributed by atoms with Gasteiger partial charge >= 0.3 is 0 Å². The predicted molar refractivity (Wildman–Crippen MR) is 94.5 cm³/mol. The van der Waals surface area contributed by atoms with E-state index in [1.165, 1.54) is 19.2 Å². The van der Waals surface area contributed by atoms with Gasteiger partial charge in [0.05, 0.1) is 12.1 Å². The molecule has 2 rings (SSSR count). The molecule has 0 radical (unpaired) electrons. The predicted octanol–water partition coefficient (Wildman–Crippen LogP) is 2.82. The van der Waals surface area contributed by atoms with Gasteiger partial charge in [-0.1, -0.05) is 11.6 Å². The van der Waals surface area contributed by atoms with Gasteiger partial charge in [-0.25, -0.2) is 8.78 Å². The lowest BCUT2D eigenvalue weighted by molar-refractivity contribution is -0.119. The van der Waals surface area contributed by atoms with Gasteiger partial charge in [-0.2, -0.15) is 0 Å². The molecule has 0 aliphatic rings. The first-order valence-corrected chi connectivity index (χ1v) is 8.20. The van der Waals surface area contributed by atoms with Crippen LogP contribution in [0.4, 0.5) is 8.78 Å². The molecule has 0 saturated carbocycles. The Balaban J connectivity index is 1.94. The van der Waals surface area contributed by atoms with Gasteiger partial charge in [-0.05, 0) is 48.4 Å². The highest BCUT2D eigenvalue weighted by atomic mass is 35.5. The highest BCUT2D eigenvalue weighted by Gasteiger charge is 2.13. The molecule has 0 aliphatic heterocycles. The standard InChI is InChI=1S/C18H19ClF2N2O3/c1-25-16-7-12(6-15(19)18(16)26-10-17(22)24)9-23-3-2-11-4-13(20)8-14(21)5-11/h4-8,23H,2-3,9-10H2,1H3,(H2,22,24). The van der Waals surface area contributed by atoms with Crippen molar-refractivity contribution in [2.45, 2.75) is 13.0 Å². The molecule has 0 heterocycles. The number of ether oxygens (including phenoxy) is 2. The maximum atomic E-state index is 13.2. The van der Waals surface area contributed by atoms with Crippen molar-refractivity contribution in [1.29, 1.82) is 0 Å². The summed E-state index contributed by atoms with van der Waals surface area (Å²) >= 11 is 6.17. The third-order valence-electron chi connectivity index (χ3n) is 3.49. The SMILES string of the molecule is COc1cc(CNCCc2cc(F)cc(F)c2)cc(Cl)c1OCC(N)=O. The number of rotatable bonds is 9. The molecule has 0 aromatic heterocycles. The van der Waals surface area contributed by atoms with E-state index in [9.17, 15) is 13.6 Å². The van der Waals surface area contributed by atoms with E-state index >= 15 is 0 Å².